The van der Waals surface area contributed by atoms with Gasteiger partial charge in [-0.05, 0) is 50.1 Å². The summed E-state index contributed by atoms with van der Waals surface area (Å²) in [4.78, 5) is 23.3. The molecule has 3 heterocycles. The molecule has 1 fully saturated rings. The SMILES string of the molecule is COc1cc2c(Nc3cn(CC(=O)Nc4cccc(F)c4)nn3)ncnc2cc1OCCCN1CCC[C@H]1CO. The molecular weight excluding hydrogens is 519 g/mol. The number of hydrogen-bond donors (Lipinski definition) is 3. The topological polar surface area (TPSA) is 140 Å². The van der Waals surface area contributed by atoms with Gasteiger partial charge in [-0.15, -0.1) is 5.10 Å². The van der Waals surface area contributed by atoms with E-state index >= 15 is 0 Å². The third kappa shape index (κ3) is 6.61. The van der Waals surface area contributed by atoms with Crippen LogP contribution >= 0.6 is 0 Å². The molecule has 2 aromatic heterocycles. The molecular formula is C27H31FN8O4. The number of aliphatic hydroxyl groups is 1. The molecule has 4 aromatic rings. The van der Waals surface area contributed by atoms with Gasteiger partial charge in [-0.1, -0.05) is 11.3 Å². The lowest BCUT2D eigenvalue weighted by molar-refractivity contribution is -0.116. The van der Waals surface area contributed by atoms with Crippen LogP contribution in [0.25, 0.3) is 10.9 Å². The van der Waals surface area contributed by atoms with E-state index < -0.39 is 5.82 Å². The Bertz CT molecular complexity index is 1470. The van der Waals surface area contributed by atoms with Gasteiger partial charge in [0.2, 0.25) is 5.91 Å². The van der Waals surface area contributed by atoms with E-state index in [-0.39, 0.29) is 25.1 Å². The summed E-state index contributed by atoms with van der Waals surface area (Å²) in [6.45, 7) is 2.46. The van der Waals surface area contributed by atoms with Crippen molar-refractivity contribution in [1.29, 1.82) is 0 Å². The summed E-state index contributed by atoms with van der Waals surface area (Å²) in [7, 11) is 1.57. The Morgan fingerprint density at radius 3 is 2.95 bits per heavy atom. The highest BCUT2D eigenvalue weighted by Crippen LogP contribution is 2.34. The van der Waals surface area contributed by atoms with Crippen LogP contribution in [0.3, 0.4) is 0 Å². The Balaban J connectivity index is 1.22. The van der Waals surface area contributed by atoms with Crippen molar-refractivity contribution < 1.29 is 23.8 Å². The molecule has 1 aliphatic heterocycles. The first-order valence-electron chi connectivity index (χ1n) is 13.1. The van der Waals surface area contributed by atoms with E-state index in [0.29, 0.717) is 46.3 Å². The van der Waals surface area contributed by atoms with Crippen LogP contribution in [0.4, 0.5) is 21.7 Å². The zero-order chi connectivity index (χ0) is 27.9. The quantitative estimate of drug-likeness (QED) is 0.226. The Morgan fingerprint density at radius 2 is 2.12 bits per heavy atom. The highest BCUT2D eigenvalue weighted by molar-refractivity contribution is 5.93. The number of halogens is 1. The lowest BCUT2D eigenvalue weighted by Gasteiger charge is -2.22. The molecule has 0 aliphatic carbocycles. The zero-order valence-corrected chi connectivity index (χ0v) is 22.1. The molecule has 13 heteroatoms. The molecule has 0 spiro atoms. The molecule has 12 nitrogen and oxygen atoms in total. The molecule has 210 valence electrons. The van der Waals surface area contributed by atoms with E-state index in [4.69, 9.17) is 9.47 Å². The van der Waals surface area contributed by atoms with Gasteiger partial charge in [-0.2, -0.15) is 0 Å². The number of hydrogen-bond acceptors (Lipinski definition) is 10. The van der Waals surface area contributed by atoms with Gasteiger partial charge >= 0.3 is 0 Å². The molecule has 1 aliphatic rings. The highest BCUT2D eigenvalue weighted by Gasteiger charge is 2.23. The highest BCUT2D eigenvalue weighted by atomic mass is 19.1. The molecule has 5 rings (SSSR count). The fourth-order valence-corrected chi connectivity index (χ4v) is 4.75. The van der Waals surface area contributed by atoms with Crippen molar-refractivity contribution >= 4 is 34.1 Å². The number of methoxy groups -OCH3 is 1. The van der Waals surface area contributed by atoms with Crippen LogP contribution in [0.1, 0.15) is 19.3 Å². The molecule has 2 aromatic carbocycles. The van der Waals surface area contributed by atoms with Crippen LogP contribution in [0, 0.1) is 5.82 Å². The average Bonchev–Trinajstić information content (AvgIpc) is 3.59. The van der Waals surface area contributed by atoms with Crippen LogP contribution < -0.4 is 20.1 Å². The van der Waals surface area contributed by atoms with Gasteiger partial charge in [0.1, 0.15) is 24.5 Å². The van der Waals surface area contributed by atoms with Crippen molar-refractivity contribution in [1.82, 2.24) is 29.9 Å². The van der Waals surface area contributed by atoms with Gasteiger partial charge in [-0.3, -0.25) is 9.69 Å². The number of aliphatic hydroxyl groups excluding tert-OH is 1. The van der Waals surface area contributed by atoms with Crippen molar-refractivity contribution in [3.8, 4) is 11.5 Å². The van der Waals surface area contributed by atoms with Crippen molar-refractivity contribution in [2.45, 2.75) is 31.8 Å². The third-order valence-corrected chi connectivity index (χ3v) is 6.68. The van der Waals surface area contributed by atoms with Gasteiger partial charge in [0.25, 0.3) is 0 Å². The van der Waals surface area contributed by atoms with Gasteiger partial charge in [0.05, 0.1) is 32.0 Å². The van der Waals surface area contributed by atoms with Crippen molar-refractivity contribution in [3.63, 3.8) is 0 Å². The summed E-state index contributed by atoms with van der Waals surface area (Å²) in [5.74, 6) is 1.16. The molecule has 3 N–H and O–H groups in total. The molecule has 0 bridgehead atoms. The van der Waals surface area contributed by atoms with Crippen LogP contribution in [-0.4, -0.2) is 80.3 Å². The third-order valence-electron chi connectivity index (χ3n) is 6.68. The Labute approximate surface area is 230 Å². The number of anilines is 3. The number of nitrogens with zero attached hydrogens (tertiary/aromatic N) is 6. The van der Waals surface area contributed by atoms with E-state index in [9.17, 15) is 14.3 Å². The fraction of sp³-hybridized carbons (Fsp3) is 0.370. The Hall–Kier alpha value is -4.36. The fourth-order valence-electron chi connectivity index (χ4n) is 4.75. The normalized spacial score (nSPS) is 15.3. The number of likely N-dealkylation sites (tertiary alicyclic amines) is 1. The van der Waals surface area contributed by atoms with Crippen LogP contribution in [0.2, 0.25) is 0 Å². The van der Waals surface area contributed by atoms with E-state index in [1.807, 2.05) is 0 Å². The number of fused-ring (bicyclic) bond motifs is 1. The first-order chi connectivity index (χ1) is 19.5. The number of carbonyl (C=O) groups excluding carboxylic acids is 1. The van der Waals surface area contributed by atoms with Gasteiger partial charge in [0.15, 0.2) is 17.3 Å². The maximum absolute atomic E-state index is 13.4. The summed E-state index contributed by atoms with van der Waals surface area (Å²) in [6.07, 6.45) is 5.97. The van der Waals surface area contributed by atoms with Gasteiger partial charge in [-0.25, -0.2) is 19.0 Å². The first-order valence-corrected chi connectivity index (χ1v) is 13.1. The number of aromatic nitrogens is 5. The Kier molecular flexibility index (Phi) is 8.62. The summed E-state index contributed by atoms with van der Waals surface area (Å²) >= 11 is 0. The standard InChI is InChI=1S/C27H31FN8O4/c1-39-23-12-21-22(13-24(23)40-10-4-9-35-8-3-7-20(35)16-37)29-17-30-27(21)32-25-14-36(34-33-25)15-26(38)31-19-6-2-5-18(28)11-19/h2,5-6,11-14,17,20,37H,3-4,7-10,15-16H2,1H3,(H,31,38)(H,29,30,32)/t20-/m0/s1. The number of benzene rings is 2. The van der Waals surface area contributed by atoms with Gasteiger partial charge < -0.3 is 25.2 Å². The second-order valence-electron chi connectivity index (χ2n) is 9.44. The van der Waals surface area contributed by atoms with E-state index in [2.05, 4.69) is 35.8 Å². The van der Waals surface area contributed by atoms with Crippen LogP contribution in [-0.2, 0) is 11.3 Å². The summed E-state index contributed by atoms with van der Waals surface area (Å²) in [6, 6.07) is 9.50. The summed E-state index contributed by atoms with van der Waals surface area (Å²) < 4.78 is 26.3. The molecule has 0 unspecified atom stereocenters. The molecule has 1 amide bonds. The first kappa shape index (κ1) is 27.2. The van der Waals surface area contributed by atoms with Crippen molar-refractivity contribution in [3.05, 3.63) is 54.7 Å². The predicted molar refractivity (Wildman–Crippen MR) is 146 cm³/mol. The van der Waals surface area contributed by atoms with Crippen LogP contribution in [0.5, 0.6) is 11.5 Å². The molecule has 0 radical (unpaired) electrons. The second-order valence-corrected chi connectivity index (χ2v) is 9.44. The zero-order valence-electron chi connectivity index (χ0n) is 22.1. The predicted octanol–water partition coefficient (Wildman–Crippen LogP) is 2.98. The second kappa shape index (κ2) is 12.7. The van der Waals surface area contributed by atoms with E-state index in [1.54, 1.807) is 31.5 Å². The number of rotatable bonds is 12. The smallest absolute Gasteiger partial charge is 0.246 e. The van der Waals surface area contributed by atoms with Gasteiger partial charge in [0, 0.05) is 29.7 Å². The molecule has 1 atom stereocenters. The minimum atomic E-state index is -0.438. The molecule has 40 heavy (non-hydrogen) atoms. The largest absolute Gasteiger partial charge is 0.493 e. The van der Waals surface area contributed by atoms with Crippen molar-refractivity contribution in [2.75, 3.05) is 44.0 Å². The number of nitrogens with one attached hydrogen (secondary N) is 2. The average molecular weight is 551 g/mol. The lowest BCUT2D eigenvalue weighted by atomic mass is 10.2. The van der Waals surface area contributed by atoms with Crippen molar-refractivity contribution in [2.24, 2.45) is 0 Å². The summed E-state index contributed by atoms with van der Waals surface area (Å²) in [5, 5.41) is 24.0. The minimum absolute atomic E-state index is 0.108. The number of amides is 1. The lowest BCUT2D eigenvalue weighted by Crippen LogP contribution is -2.33. The monoisotopic (exact) mass is 550 g/mol. The van der Waals surface area contributed by atoms with Crippen LogP contribution in [0.15, 0.2) is 48.9 Å². The molecule has 0 saturated carbocycles. The van der Waals surface area contributed by atoms with E-state index in [0.717, 1.165) is 32.4 Å². The molecule has 1 saturated heterocycles. The Morgan fingerprint density at radius 1 is 1.23 bits per heavy atom. The maximum atomic E-state index is 13.4. The number of ether oxygens (including phenoxy) is 2. The number of carbonyl (C=O) groups is 1. The van der Waals surface area contributed by atoms with E-state index in [1.165, 1.54) is 29.2 Å². The minimum Gasteiger partial charge on any atom is -0.493 e. The maximum Gasteiger partial charge on any atom is 0.246 e. The summed E-state index contributed by atoms with van der Waals surface area (Å²) in [5.41, 5.74) is 1.00.